The standard InChI is InChI=1S/C22H24N2O3/c1-5-17-18-7-6-15(4)23(18)8-9-24(17)22(26)21-12-19(25)16-10-13(2)14(3)11-20(16)27-21/h6-7,10-12,17H,5,8-9H2,1-4H3/t17-/m1/s1. The molecule has 5 nitrogen and oxygen atoms in total. The minimum atomic E-state index is -0.218. The normalized spacial score (nSPS) is 16.6. The van der Waals surface area contributed by atoms with Crippen LogP contribution in [-0.4, -0.2) is 21.9 Å². The Morgan fingerprint density at radius 1 is 1.11 bits per heavy atom. The third-order valence-electron chi connectivity index (χ3n) is 5.72. The first-order valence-corrected chi connectivity index (χ1v) is 9.42. The van der Waals surface area contributed by atoms with Crippen LogP contribution < -0.4 is 5.43 Å². The molecule has 1 atom stereocenters. The van der Waals surface area contributed by atoms with E-state index in [1.54, 1.807) is 0 Å². The van der Waals surface area contributed by atoms with Crippen molar-refractivity contribution in [2.75, 3.05) is 6.54 Å². The number of fused-ring (bicyclic) bond motifs is 2. The predicted octanol–water partition coefficient (Wildman–Crippen LogP) is 4.13. The number of carbonyl (C=O) groups is 1. The summed E-state index contributed by atoms with van der Waals surface area (Å²) >= 11 is 0. The first-order chi connectivity index (χ1) is 12.9. The fourth-order valence-electron chi connectivity index (χ4n) is 4.04. The van der Waals surface area contributed by atoms with Crippen molar-refractivity contribution >= 4 is 16.9 Å². The van der Waals surface area contributed by atoms with E-state index in [1.807, 2.05) is 30.9 Å². The number of amides is 1. The minimum Gasteiger partial charge on any atom is -0.451 e. The Hall–Kier alpha value is -2.82. The smallest absolute Gasteiger partial charge is 0.290 e. The SMILES string of the molecule is CC[C@@H]1c2ccc(C)n2CCN1C(=O)c1cc(=O)c2cc(C)c(C)cc2o1. The van der Waals surface area contributed by atoms with E-state index in [2.05, 4.69) is 30.5 Å². The van der Waals surface area contributed by atoms with E-state index in [0.29, 0.717) is 17.5 Å². The van der Waals surface area contributed by atoms with Crippen molar-refractivity contribution < 1.29 is 9.21 Å². The van der Waals surface area contributed by atoms with Crippen LogP contribution in [0.5, 0.6) is 0 Å². The topological polar surface area (TPSA) is 55.5 Å². The van der Waals surface area contributed by atoms with Gasteiger partial charge in [0.15, 0.2) is 11.2 Å². The molecule has 0 saturated heterocycles. The molecular formula is C22H24N2O3. The van der Waals surface area contributed by atoms with Crippen LogP contribution in [0.25, 0.3) is 11.0 Å². The number of hydrogen-bond donors (Lipinski definition) is 0. The van der Waals surface area contributed by atoms with Crippen molar-refractivity contribution in [1.82, 2.24) is 9.47 Å². The molecule has 140 valence electrons. The molecule has 0 radical (unpaired) electrons. The average molecular weight is 364 g/mol. The molecule has 1 amide bonds. The molecule has 2 aromatic heterocycles. The lowest BCUT2D eigenvalue weighted by Gasteiger charge is -2.36. The third kappa shape index (κ3) is 2.78. The van der Waals surface area contributed by atoms with E-state index in [4.69, 9.17) is 4.42 Å². The lowest BCUT2D eigenvalue weighted by Crippen LogP contribution is -2.42. The quantitative estimate of drug-likeness (QED) is 0.687. The number of benzene rings is 1. The summed E-state index contributed by atoms with van der Waals surface area (Å²) < 4.78 is 8.15. The van der Waals surface area contributed by atoms with Crippen LogP contribution in [0.2, 0.25) is 0 Å². The molecule has 0 fully saturated rings. The van der Waals surface area contributed by atoms with Gasteiger partial charge in [0.2, 0.25) is 0 Å². The van der Waals surface area contributed by atoms with Crippen LogP contribution in [0.1, 0.15) is 52.5 Å². The van der Waals surface area contributed by atoms with Gasteiger partial charge in [0.25, 0.3) is 5.91 Å². The molecule has 0 bridgehead atoms. The second kappa shape index (κ2) is 6.41. The van der Waals surface area contributed by atoms with E-state index >= 15 is 0 Å². The number of carbonyl (C=O) groups excluding carboxylic acids is 1. The van der Waals surface area contributed by atoms with Crippen molar-refractivity contribution in [2.45, 2.75) is 46.7 Å². The molecule has 4 rings (SSSR count). The van der Waals surface area contributed by atoms with Crippen molar-refractivity contribution in [3.63, 3.8) is 0 Å². The number of aryl methyl sites for hydroxylation is 3. The zero-order valence-electron chi connectivity index (χ0n) is 16.2. The summed E-state index contributed by atoms with van der Waals surface area (Å²) in [6.45, 7) is 9.45. The predicted molar refractivity (Wildman–Crippen MR) is 105 cm³/mol. The summed E-state index contributed by atoms with van der Waals surface area (Å²) in [5.41, 5.74) is 4.72. The van der Waals surface area contributed by atoms with Gasteiger partial charge in [0.05, 0.1) is 11.4 Å². The van der Waals surface area contributed by atoms with Gasteiger partial charge in [0, 0.05) is 30.5 Å². The highest BCUT2D eigenvalue weighted by atomic mass is 16.3. The van der Waals surface area contributed by atoms with Crippen LogP contribution in [0.4, 0.5) is 0 Å². The lowest BCUT2D eigenvalue weighted by atomic mass is 10.1. The Morgan fingerprint density at radius 3 is 2.59 bits per heavy atom. The maximum absolute atomic E-state index is 13.2. The minimum absolute atomic E-state index is 0.0132. The molecule has 0 spiro atoms. The fraction of sp³-hybridized carbons (Fsp3) is 0.364. The first kappa shape index (κ1) is 17.6. The highest BCUT2D eigenvalue weighted by Gasteiger charge is 2.32. The molecule has 1 aliphatic rings. The van der Waals surface area contributed by atoms with Gasteiger partial charge >= 0.3 is 0 Å². The van der Waals surface area contributed by atoms with Gasteiger partial charge in [-0.25, -0.2) is 0 Å². The molecule has 0 N–H and O–H groups in total. The van der Waals surface area contributed by atoms with Gasteiger partial charge < -0.3 is 13.9 Å². The Kier molecular flexibility index (Phi) is 4.17. The molecule has 0 saturated carbocycles. The van der Waals surface area contributed by atoms with Gasteiger partial charge in [-0.3, -0.25) is 9.59 Å². The van der Waals surface area contributed by atoms with Gasteiger partial charge in [-0.15, -0.1) is 0 Å². The number of nitrogens with zero attached hydrogens (tertiary/aromatic N) is 2. The molecule has 3 heterocycles. The molecular weight excluding hydrogens is 340 g/mol. The molecule has 0 aliphatic carbocycles. The summed E-state index contributed by atoms with van der Waals surface area (Å²) in [7, 11) is 0. The number of hydrogen-bond acceptors (Lipinski definition) is 3. The van der Waals surface area contributed by atoms with Crippen molar-refractivity contribution in [2.24, 2.45) is 0 Å². The Bertz CT molecular complexity index is 1110. The van der Waals surface area contributed by atoms with E-state index in [9.17, 15) is 9.59 Å². The zero-order valence-corrected chi connectivity index (χ0v) is 16.2. The van der Waals surface area contributed by atoms with Crippen LogP contribution in [-0.2, 0) is 6.54 Å². The van der Waals surface area contributed by atoms with E-state index < -0.39 is 0 Å². The van der Waals surface area contributed by atoms with Crippen LogP contribution in [0.3, 0.4) is 0 Å². The molecule has 0 unspecified atom stereocenters. The summed E-state index contributed by atoms with van der Waals surface area (Å²) in [6, 6.07) is 9.17. The third-order valence-corrected chi connectivity index (χ3v) is 5.72. The van der Waals surface area contributed by atoms with Crippen molar-refractivity contribution in [3.8, 4) is 0 Å². The monoisotopic (exact) mass is 364 g/mol. The van der Waals surface area contributed by atoms with Gasteiger partial charge in [-0.05, 0) is 62.6 Å². The highest BCUT2D eigenvalue weighted by molar-refractivity contribution is 5.93. The summed E-state index contributed by atoms with van der Waals surface area (Å²) in [5, 5.41) is 0.518. The van der Waals surface area contributed by atoms with Crippen molar-refractivity contribution in [3.05, 3.63) is 68.8 Å². The molecule has 5 heteroatoms. The van der Waals surface area contributed by atoms with Gasteiger partial charge in [-0.1, -0.05) is 6.92 Å². The van der Waals surface area contributed by atoms with Crippen LogP contribution in [0, 0.1) is 20.8 Å². The number of aromatic nitrogens is 1. The summed E-state index contributed by atoms with van der Waals surface area (Å²) in [6.07, 6.45) is 0.811. The molecule has 1 aromatic carbocycles. The first-order valence-electron chi connectivity index (χ1n) is 9.42. The molecule has 3 aromatic rings. The second-order valence-corrected chi connectivity index (χ2v) is 7.38. The maximum atomic E-state index is 13.2. The molecule has 1 aliphatic heterocycles. The van der Waals surface area contributed by atoms with Gasteiger partial charge in [0.1, 0.15) is 5.58 Å². The largest absolute Gasteiger partial charge is 0.451 e. The fourth-order valence-corrected chi connectivity index (χ4v) is 4.04. The van der Waals surface area contributed by atoms with Crippen LogP contribution >= 0.6 is 0 Å². The second-order valence-electron chi connectivity index (χ2n) is 7.38. The number of rotatable bonds is 2. The van der Waals surface area contributed by atoms with E-state index in [1.165, 1.54) is 11.8 Å². The van der Waals surface area contributed by atoms with E-state index in [-0.39, 0.29) is 23.1 Å². The lowest BCUT2D eigenvalue weighted by molar-refractivity contribution is 0.0584. The van der Waals surface area contributed by atoms with Gasteiger partial charge in [-0.2, -0.15) is 0 Å². The summed E-state index contributed by atoms with van der Waals surface area (Å²) in [5.74, 6) is -0.102. The van der Waals surface area contributed by atoms with E-state index in [0.717, 1.165) is 29.8 Å². The zero-order chi connectivity index (χ0) is 19.3. The van der Waals surface area contributed by atoms with Crippen LogP contribution in [0.15, 0.2) is 39.5 Å². The maximum Gasteiger partial charge on any atom is 0.290 e. The highest BCUT2D eigenvalue weighted by Crippen LogP contribution is 2.31. The Morgan fingerprint density at radius 2 is 1.85 bits per heavy atom. The van der Waals surface area contributed by atoms with Crippen molar-refractivity contribution in [1.29, 1.82) is 0 Å². The molecule has 27 heavy (non-hydrogen) atoms. The summed E-state index contributed by atoms with van der Waals surface area (Å²) in [4.78, 5) is 27.6. The Labute approximate surface area is 158 Å². The average Bonchev–Trinajstić information content (AvgIpc) is 3.03. The Balaban J connectivity index is 1.76.